The second-order valence-electron chi connectivity index (χ2n) is 9.32. The number of hydrogen-bond acceptors (Lipinski definition) is 5. The van der Waals surface area contributed by atoms with E-state index in [1.165, 1.54) is 0 Å². The van der Waals surface area contributed by atoms with Crippen LogP contribution < -0.4 is 5.32 Å². The van der Waals surface area contributed by atoms with Crippen molar-refractivity contribution in [2.45, 2.75) is 39.0 Å². The zero-order valence-electron chi connectivity index (χ0n) is 20.2. The Morgan fingerprint density at radius 3 is 2.60 bits per heavy atom. The fourth-order valence-electron chi connectivity index (χ4n) is 3.37. The number of para-hydroxylation sites is 1. The lowest BCUT2D eigenvalue weighted by Gasteiger charge is -2.25. The van der Waals surface area contributed by atoms with Crippen molar-refractivity contribution in [2.24, 2.45) is 0 Å². The molecule has 2 aromatic heterocycles. The molecule has 2 aromatic carbocycles. The number of benzene rings is 2. The third kappa shape index (κ3) is 5.77. The average Bonchev–Trinajstić information content (AvgIpc) is 3.18. The quantitative estimate of drug-likeness (QED) is 0.265. The molecule has 0 saturated carbocycles. The molecule has 7 nitrogen and oxygen atoms in total. The summed E-state index contributed by atoms with van der Waals surface area (Å²) in [7, 11) is -1.48. The van der Waals surface area contributed by atoms with E-state index in [0.717, 1.165) is 16.6 Å². The molecule has 0 spiro atoms. The Morgan fingerprint density at radius 1 is 1.11 bits per heavy atom. The second-order valence-corrected chi connectivity index (χ2v) is 14.9. The van der Waals surface area contributed by atoms with Gasteiger partial charge in [0.05, 0.1) is 24.8 Å². The largest absolute Gasteiger partial charge is 0.478 e. The van der Waals surface area contributed by atoms with Gasteiger partial charge in [0.25, 0.3) is 0 Å². The standard InChI is InChI=1S/C27H28N4O3Si/c1-19(35(2,3)4)34-18-31-26-17-21(29-24-11-6-5-10-23(24)27(32)33)12-14-22(26)25(30-31)15-13-20-9-7-8-16-28-20/h5-12,14,16-17,19,29H,18H2,1-4H3,(H,32,33). The van der Waals surface area contributed by atoms with Crippen LogP contribution in [0.15, 0.2) is 66.9 Å². The molecule has 0 amide bonds. The number of carboxylic acids is 1. The topological polar surface area (TPSA) is 89.3 Å². The van der Waals surface area contributed by atoms with Gasteiger partial charge in [-0.05, 0) is 61.2 Å². The number of hydrogen-bond donors (Lipinski definition) is 2. The van der Waals surface area contributed by atoms with E-state index in [4.69, 9.17) is 9.84 Å². The zero-order chi connectivity index (χ0) is 25.0. The van der Waals surface area contributed by atoms with Gasteiger partial charge in [0.15, 0.2) is 0 Å². The van der Waals surface area contributed by atoms with Crippen molar-refractivity contribution in [2.75, 3.05) is 5.32 Å². The van der Waals surface area contributed by atoms with Crippen LogP contribution in [-0.2, 0) is 11.5 Å². The van der Waals surface area contributed by atoms with Gasteiger partial charge in [-0.1, -0.05) is 37.8 Å². The molecule has 35 heavy (non-hydrogen) atoms. The minimum absolute atomic E-state index is 0.147. The first-order chi connectivity index (χ1) is 16.7. The first-order valence-corrected chi connectivity index (χ1v) is 14.9. The van der Waals surface area contributed by atoms with Gasteiger partial charge >= 0.3 is 5.97 Å². The van der Waals surface area contributed by atoms with Gasteiger partial charge in [-0.15, -0.1) is 0 Å². The molecular weight excluding hydrogens is 456 g/mol. The van der Waals surface area contributed by atoms with Crippen LogP contribution in [0.3, 0.4) is 0 Å². The molecule has 1 unspecified atom stereocenters. The van der Waals surface area contributed by atoms with E-state index in [2.05, 4.69) is 48.7 Å². The highest BCUT2D eigenvalue weighted by molar-refractivity contribution is 6.77. The first-order valence-electron chi connectivity index (χ1n) is 11.4. The number of ether oxygens (including phenoxy) is 1. The molecule has 0 fully saturated rings. The van der Waals surface area contributed by atoms with Crippen LogP contribution >= 0.6 is 0 Å². The van der Waals surface area contributed by atoms with Gasteiger partial charge in [-0.2, -0.15) is 5.10 Å². The average molecular weight is 485 g/mol. The Kier molecular flexibility index (Phi) is 7.01. The van der Waals surface area contributed by atoms with Gasteiger partial charge in [0.2, 0.25) is 0 Å². The minimum Gasteiger partial charge on any atom is -0.478 e. The Hall–Kier alpha value is -3.93. The number of pyridine rings is 1. The maximum Gasteiger partial charge on any atom is 0.337 e. The summed E-state index contributed by atoms with van der Waals surface area (Å²) >= 11 is 0. The van der Waals surface area contributed by atoms with Crippen LogP contribution in [0, 0.1) is 11.8 Å². The van der Waals surface area contributed by atoms with Gasteiger partial charge < -0.3 is 15.2 Å². The number of nitrogens with zero attached hydrogens (tertiary/aromatic N) is 3. The molecule has 0 aliphatic carbocycles. The third-order valence-electron chi connectivity index (χ3n) is 5.83. The van der Waals surface area contributed by atoms with Crippen molar-refractivity contribution < 1.29 is 14.6 Å². The fraction of sp³-hybridized carbons (Fsp3) is 0.222. The predicted octanol–water partition coefficient (Wildman–Crippen LogP) is 5.51. The number of aromatic nitrogens is 3. The summed E-state index contributed by atoms with van der Waals surface area (Å²) in [5.74, 6) is 5.24. The fourth-order valence-corrected chi connectivity index (χ4v) is 3.94. The number of nitrogens with one attached hydrogen (secondary N) is 1. The Morgan fingerprint density at radius 2 is 1.89 bits per heavy atom. The van der Waals surface area contributed by atoms with E-state index < -0.39 is 14.0 Å². The lowest BCUT2D eigenvalue weighted by molar-refractivity contribution is 0.0517. The normalized spacial score (nSPS) is 12.1. The second kappa shape index (κ2) is 10.1. The highest BCUT2D eigenvalue weighted by Crippen LogP contribution is 2.27. The van der Waals surface area contributed by atoms with E-state index >= 15 is 0 Å². The smallest absolute Gasteiger partial charge is 0.337 e. The summed E-state index contributed by atoms with van der Waals surface area (Å²) in [6, 6.07) is 18.2. The number of aromatic carboxylic acids is 1. The van der Waals surface area contributed by atoms with Crippen molar-refractivity contribution in [1.29, 1.82) is 0 Å². The molecule has 0 aliphatic heterocycles. The van der Waals surface area contributed by atoms with Crippen molar-refractivity contribution in [3.05, 3.63) is 83.8 Å². The molecule has 0 aliphatic rings. The third-order valence-corrected chi connectivity index (χ3v) is 8.43. The van der Waals surface area contributed by atoms with E-state index in [0.29, 0.717) is 23.8 Å². The van der Waals surface area contributed by atoms with Crippen LogP contribution in [0.4, 0.5) is 11.4 Å². The number of rotatable bonds is 7. The Balaban J connectivity index is 1.72. The van der Waals surface area contributed by atoms with Crippen molar-refractivity contribution in [3.63, 3.8) is 0 Å². The van der Waals surface area contributed by atoms with E-state index in [1.807, 2.05) is 41.1 Å². The monoisotopic (exact) mass is 484 g/mol. The van der Waals surface area contributed by atoms with E-state index in [1.54, 1.807) is 30.5 Å². The molecule has 1 atom stereocenters. The number of anilines is 2. The maximum atomic E-state index is 11.6. The van der Waals surface area contributed by atoms with Gasteiger partial charge in [0, 0.05) is 23.0 Å². The molecule has 2 N–H and O–H groups in total. The van der Waals surface area contributed by atoms with E-state index in [-0.39, 0.29) is 11.3 Å². The van der Waals surface area contributed by atoms with Crippen LogP contribution in [0.2, 0.25) is 19.6 Å². The highest BCUT2D eigenvalue weighted by atomic mass is 28.3. The van der Waals surface area contributed by atoms with Crippen molar-refractivity contribution in [3.8, 4) is 11.8 Å². The zero-order valence-corrected chi connectivity index (χ0v) is 21.2. The molecule has 0 saturated heterocycles. The van der Waals surface area contributed by atoms with Crippen LogP contribution in [-0.4, -0.2) is 39.6 Å². The van der Waals surface area contributed by atoms with Crippen LogP contribution in [0.25, 0.3) is 10.9 Å². The Bertz CT molecular complexity index is 1420. The number of carbonyl (C=O) groups is 1. The lowest BCUT2D eigenvalue weighted by atomic mass is 10.1. The highest BCUT2D eigenvalue weighted by Gasteiger charge is 2.23. The molecule has 4 aromatic rings. The minimum atomic E-state index is -1.48. The van der Waals surface area contributed by atoms with E-state index in [9.17, 15) is 9.90 Å². The van der Waals surface area contributed by atoms with Gasteiger partial charge in [0.1, 0.15) is 18.1 Å². The van der Waals surface area contributed by atoms with Crippen LogP contribution in [0.1, 0.15) is 28.7 Å². The summed E-state index contributed by atoms with van der Waals surface area (Å²) in [4.78, 5) is 15.9. The molecule has 4 rings (SSSR count). The predicted molar refractivity (Wildman–Crippen MR) is 141 cm³/mol. The summed E-state index contributed by atoms with van der Waals surface area (Å²) in [6.45, 7) is 9.21. The summed E-state index contributed by atoms with van der Waals surface area (Å²) < 4.78 is 8.00. The molecule has 2 heterocycles. The lowest BCUT2D eigenvalue weighted by Crippen LogP contribution is -2.38. The van der Waals surface area contributed by atoms with Gasteiger partial charge in [-0.25, -0.2) is 14.5 Å². The summed E-state index contributed by atoms with van der Waals surface area (Å²) in [5.41, 5.74) is 3.76. The number of carboxylic acid groups (broad SMARTS) is 1. The summed E-state index contributed by atoms with van der Waals surface area (Å²) in [6.07, 6.45) is 1.71. The van der Waals surface area contributed by atoms with Crippen LogP contribution in [0.5, 0.6) is 0 Å². The number of fused-ring (bicyclic) bond motifs is 1. The summed E-state index contributed by atoms with van der Waals surface area (Å²) in [5, 5.41) is 18.4. The first kappa shape index (κ1) is 24.2. The SMILES string of the molecule is CC(OCn1nc(C#Cc2ccccn2)c2ccc(Nc3ccccc3C(=O)O)cc21)[Si](C)(C)C. The van der Waals surface area contributed by atoms with Crippen molar-refractivity contribution >= 4 is 36.3 Å². The molecule has 0 radical (unpaired) electrons. The Labute approximate surface area is 205 Å². The molecule has 0 bridgehead atoms. The van der Waals surface area contributed by atoms with Crippen molar-refractivity contribution in [1.82, 2.24) is 14.8 Å². The van der Waals surface area contributed by atoms with Gasteiger partial charge in [-0.3, -0.25) is 0 Å². The molecule has 8 heteroatoms. The molecular formula is C27H28N4O3Si. The maximum absolute atomic E-state index is 11.6. The molecule has 178 valence electrons.